The highest BCUT2D eigenvalue weighted by atomic mass is 79.9. The van der Waals surface area contributed by atoms with Crippen LogP contribution in [-0.4, -0.2) is 30.4 Å². The van der Waals surface area contributed by atoms with Gasteiger partial charge in [-0.05, 0) is 63.5 Å². The highest BCUT2D eigenvalue weighted by Gasteiger charge is 2.14. The van der Waals surface area contributed by atoms with Crippen molar-refractivity contribution in [1.29, 1.82) is 0 Å². The van der Waals surface area contributed by atoms with E-state index in [2.05, 4.69) is 33.4 Å². The van der Waals surface area contributed by atoms with Gasteiger partial charge in [0.1, 0.15) is 5.75 Å². The highest BCUT2D eigenvalue weighted by Crippen LogP contribution is 2.27. The predicted molar refractivity (Wildman–Crippen MR) is 146 cm³/mol. The second-order valence-electron chi connectivity index (χ2n) is 8.41. The van der Waals surface area contributed by atoms with Crippen LogP contribution in [0.25, 0.3) is 0 Å². The lowest BCUT2D eigenvalue weighted by molar-refractivity contribution is 0.0784. The summed E-state index contributed by atoms with van der Waals surface area (Å²) < 4.78 is 6.58. The molecule has 0 atom stereocenters. The molecule has 5 nitrogen and oxygen atoms in total. The molecule has 0 heterocycles. The lowest BCUT2D eigenvalue weighted by atomic mass is 10.1. The summed E-state index contributed by atoms with van der Waals surface area (Å²) in [6.07, 6.45) is 0.797. The van der Waals surface area contributed by atoms with Crippen molar-refractivity contribution < 1.29 is 14.3 Å². The van der Waals surface area contributed by atoms with Crippen molar-refractivity contribution >= 4 is 33.4 Å². The molecule has 0 saturated heterocycles. The molecule has 4 aromatic carbocycles. The minimum atomic E-state index is -0.270. The molecule has 0 aliphatic heterocycles. The molecule has 6 heteroatoms. The first kappa shape index (κ1) is 25.2. The number of nitrogens with zero attached hydrogens (tertiary/aromatic N) is 1. The van der Waals surface area contributed by atoms with Gasteiger partial charge in [0, 0.05) is 36.8 Å². The smallest absolute Gasteiger partial charge is 0.255 e. The molecule has 0 saturated carbocycles. The summed E-state index contributed by atoms with van der Waals surface area (Å²) in [6.45, 7) is 1.04. The molecule has 0 aliphatic rings. The van der Waals surface area contributed by atoms with E-state index in [0.29, 0.717) is 40.2 Å². The van der Waals surface area contributed by atoms with Gasteiger partial charge in [0.15, 0.2) is 0 Å². The van der Waals surface area contributed by atoms with Crippen molar-refractivity contribution in [2.45, 2.75) is 13.0 Å². The van der Waals surface area contributed by atoms with Crippen LogP contribution < -0.4 is 10.1 Å². The van der Waals surface area contributed by atoms with Crippen molar-refractivity contribution in [3.05, 3.63) is 130 Å². The van der Waals surface area contributed by atoms with Gasteiger partial charge in [0.05, 0.1) is 11.1 Å². The van der Waals surface area contributed by atoms with E-state index in [1.165, 1.54) is 5.56 Å². The molecule has 0 radical (unpaired) electrons. The van der Waals surface area contributed by atoms with E-state index in [9.17, 15) is 9.59 Å². The first-order chi connectivity index (χ1) is 17.5. The lowest BCUT2D eigenvalue weighted by Crippen LogP contribution is -2.26. The second-order valence-corrected chi connectivity index (χ2v) is 9.27. The topological polar surface area (TPSA) is 58.6 Å². The molecule has 36 heavy (non-hydrogen) atoms. The Labute approximate surface area is 219 Å². The molecular weight excluding hydrogens is 516 g/mol. The number of carbonyl (C=O) groups excluding carboxylic acids is 2. The molecule has 0 bridgehead atoms. The summed E-state index contributed by atoms with van der Waals surface area (Å²) in [6, 6.07) is 32.2. The van der Waals surface area contributed by atoms with Crippen molar-refractivity contribution in [2.75, 3.05) is 19.0 Å². The van der Waals surface area contributed by atoms with E-state index >= 15 is 0 Å². The van der Waals surface area contributed by atoms with Crippen LogP contribution in [0.1, 0.15) is 31.8 Å². The van der Waals surface area contributed by atoms with Crippen LogP contribution in [0.3, 0.4) is 0 Å². The summed E-state index contributed by atoms with van der Waals surface area (Å²) >= 11 is 3.51. The number of anilines is 1. The number of nitrogens with one attached hydrogen (secondary N) is 1. The van der Waals surface area contributed by atoms with E-state index < -0.39 is 0 Å². The van der Waals surface area contributed by atoms with Crippen molar-refractivity contribution in [2.24, 2.45) is 0 Å². The fourth-order valence-corrected chi connectivity index (χ4v) is 4.26. The van der Waals surface area contributed by atoms with Crippen molar-refractivity contribution in [3.63, 3.8) is 0 Å². The zero-order chi connectivity index (χ0) is 25.3. The van der Waals surface area contributed by atoms with Crippen molar-refractivity contribution in [1.82, 2.24) is 4.90 Å². The molecule has 2 amide bonds. The second kappa shape index (κ2) is 12.2. The van der Waals surface area contributed by atoms with Crippen LogP contribution in [0, 0.1) is 0 Å². The fraction of sp³-hybridized carbons (Fsp3) is 0.133. The fourth-order valence-electron chi connectivity index (χ4n) is 3.77. The Kier molecular flexibility index (Phi) is 8.53. The lowest BCUT2D eigenvalue weighted by Gasteiger charge is -2.18. The van der Waals surface area contributed by atoms with Crippen LogP contribution in [0.5, 0.6) is 5.75 Å². The van der Waals surface area contributed by atoms with Crippen molar-refractivity contribution in [3.8, 4) is 5.75 Å². The van der Waals surface area contributed by atoms with Gasteiger partial charge in [-0.1, -0.05) is 66.7 Å². The van der Waals surface area contributed by atoms with Crippen LogP contribution >= 0.6 is 15.9 Å². The minimum Gasteiger partial charge on any atom is -0.492 e. The molecule has 0 spiro atoms. The molecule has 0 aromatic heterocycles. The molecule has 4 aromatic rings. The van der Waals surface area contributed by atoms with E-state index in [1.807, 2.05) is 48.5 Å². The van der Waals surface area contributed by atoms with Gasteiger partial charge in [0.2, 0.25) is 0 Å². The first-order valence-electron chi connectivity index (χ1n) is 11.7. The first-order valence-corrected chi connectivity index (χ1v) is 12.5. The quantitative estimate of drug-likeness (QED) is 0.259. The number of carbonyl (C=O) groups is 2. The summed E-state index contributed by atoms with van der Waals surface area (Å²) in [4.78, 5) is 27.4. The van der Waals surface area contributed by atoms with E-state index in [4.69, 9.17) is 4.74 Å². The average Bonchev–Trinajstić information content (AvgIpc) is 2.90. The third-order valence-electron chi connectivity index (χ3n) is 5.66. The van der Waals surface area contributed by atoms with Crippen LogP contribution in [-0.2, 0) is 13.0 Å². The summed E-state index contributed by atoms with van der Waals surface area (Å²) in [5.74, 6) is 0.292. The predicted octanol–water partition coefficient (Wildman–Crippen LogP) is 6.60. The van der Waals surface area contributed by atoms with E-state index in [-0.39, 0.29) is 11.8 Å². The Hall–Kier alpha value is -3.90. The Morgan fingerprint density at radius 3 is 2.19 bits per heavy atom. The Morgan fingerprint density at radius 2 is 1.50 bits per heavy atom. The molecule has 1 N–H and O–H groups in total. The number of amides is 2. The Balaban J connectivity index is 1.36. The van der Waals surface area contributed by atoms with Crippen LogP contribution in [0.15, 0.2) is 108 Å². The van der Waals surface area contributed by atoms with Gasteiger partial charge in [-0.2, -0.15) is 0 Å². The highest BCUT2D eigenvalue weighted by molar-refractivity contribution is 9.10. The number of halogens is 1. The Morgan fingerprint density at radius 1 is 0.806 bits per heavy atom. The van der Waals surface area contributed by atoms with Gasteiger partial charge in [-0.25, -0.2) is 0 Å². The standard InChI is InChI=1S/C30H27BrN2O3/c1-33(21-23-11-6-3-7-12-23)30(35)25-13-8-14-26(19-25)32-29(34)24-15-16-28(27(31)20-24)36-18-17-22-9-4-2-5-10-22/h2-16,19-20H,17-18,21H2,1H3,(H,32,34). The number of hydrogen-bond donors (Lipinski definition) is 1. The average molecular weight is 543 g/mol. The zero-order valence-corrected chi connectivity index (χ0v) is 21.6. The SMILES string of the molecule is CN(Cc1ccccc1)C(=O)c1cccc(NC(=O)c2ccc(OCCc3ccccc3)c(Br)c2)c1. The summed E-state index contributed by atoms with van der Waals surface area (Å²) in [5, 5.41) is 2.88. The van der Waals surface area contributed by atoms with E-state index in [1.54, 1.807) is 54.4 Å². The molecule has 0 aliphatic carbocycles. The largest absolute Gasteiger partial charge is 0.492 e. The molecule has 182 valence electrons. The van der Waals surface area contributed by atoms with Crippen LogP contribution in [0.2, 0.25) is 0 Å². The molecular formula is C30H27BrN2O3. The van der Waals surface area contributed by atoms with Gasteiger partial charge in [-0.3, -0.25) is 9.59 Å². The minimum absolute atomic E-state index is 0.116. The number of rotatable bonds is 9. The number of hydrogen-bond acceptors (Lipinski definition) is 3. The van der Waals surface area contributed by atoms with Gasteiger partial charge in [0.25, 0.3) is 11.8 Å². The third kappa shape index (κ3) is 6.83. The number of benzene rings is 4. The van der Waals surface area contributed by atoms with Crippen LogP contribution in [0.4, 0.5) is 5.69 Å². The maximum absolute atomic E-state index is 12.9. The Bertz CT molecular complexity index is 1330. The van der Waals surface area contributed by atoms with E-state index in [0.717, 1.165) is 12.0 Å². The molecule has 0 unspecified atom stereocenters. The van der Waals surface area contributed by atoms with Gasteiger partial charge in [-0.15, -0.1) is 0 Å². The van der Waals surface area contributed by atoms with Gasteiger partial charge < -0.3 is 15.0 Å². The van der Waals surface area contributed by atoms with Gasteiger partial charge >= 0.3 is 0 Å². The summed E-state index contributed by atoms with van der Waals surface area (Å²) in [7, 11) is 1.77. The zero-order valence-electron chi connectivity index (χ0n) is 20.0. The maximum atomic E-state index is 12.9. The monoisotopic (exact) mass is 542 g/mol. The normalized spacial score (nSPS) is 10.5. The molecule has 0 fully saturated rings. The number of ether oxygens (including phenoxy) is 1. The third-order valence-corrected chi connectivity index (χ3v) is 6.28. The molecule has 4 rings (SSSR count). The summed E-state index contributed by atoms with van der Waals surface area (Å²) in [5.41, 5.74) is 3.80. The maximum Gasteiger partial charge on any atom is 0.255 e.